The van der Waals surface area contributed by atoms with Crippen molar-refractivity contribution in [2.45, 2.75) is 32.3 Å². The maximum absolute atomic E-state index is 6.16. The molecule has 0 aromatic heterocycles. The fourth-order valence-electron chi connectivity index (χ4n) is 2.22. The molecule has 20 heavy (non-hydrogen) atoms. The van der Waals surface area contributed by atoms with Crippen LogP contribution >= 0.6 is 0 Å². The zero-order valence-corrected chi connectivity index (χ0v) is 12.1. The predicted octanol–water partition coefficient (Wildman–Crippen LogP) is 4.24. The van der Waals surface area contributed by atoms with Gasteiger partial charge in [0.25, 0.3) is 0 Å². The normalized spacial score (nSPS) is 12.1. The summed E-state index contributed by atoms with van der Waals surface area (Å²) in [6, 6.07) is 18.6. The van der Waals surface area contributed by atoms with Crippen molar-refractivity contribution < 1.29 is 4.74 Å². The molecule has 0 spiro atoms. The molecule has 0 bridgehead atoms. The molecule has 0 fully saturated rings. The Hall–Kier alpha value is -1.80. The summed E-state index contributed by atoms with van der Waals surface area (Å²) in [5.74, 6) is 0.928. The highest BCUT2D eigenvalue weighted by molar-refractivity contribution is 5.28. The van der Waals surface area contributed by atoms with Crippen molar-refractivity contribution in [1.82, 2.24) is 0 Å². The Morgan fingerprint density at radius 2 is 1.65 bits per heavy atom. The summed E-state index contributed by atoms with van der Waals surface area (Å²) in [6.45, 7) is 2.83. The molecule has 1 atom stereocenters. The first-order chi connectivity index (χ1) is 9.79. The first-order valence-corrected chi connectivity index (χ1v) is 7.28. The molecule has 0 aliphatic rings. The lowest BCUT2D eigenvalue weighted by Gasteiger charge is -2.19. The lowest BCUT2D eigenvalue weighted by atomic mass is 10.0. The SMILES string of the molecule is Cc1ccc(OC(CCCCN)c2ccccc2)cc1. The number of unbranched alkanes of at least 4 members (excludes halogenated alkanes) is 1. The number of hydrogen-bond donors (Lipinski definition) is 1. The third-order valence-electron chi connectivity index (χ3n) is 3.39. The van der Waals surface area contributed by atoms with Gasteiger partial charge in [-0.3, -0.25) is 0 Å². The van der Waals surface area contributed by atoms with Crippen molar-refractivity contribution in [2.24, 2.45) is 5.73 Å². The molecular weight excluding hydrogens is 246 g/mol. The van der Waals surface area contributed by atoms with E-state index in [9.17, 15) is 0 Å². The van der Waals surface area contributed by atoms with Gasteiger partial charge in [0.2, 0.25) is 0 Å². The summed E-state index contributed by atoms with van der Waals surface area (Å²) in [5, 5.41) is 0. The largest absolute Gasteiger partial charge is 0.486 e. The highest BCUT2D eigenvalue weighted by atomic mass is 16.5. The summed E-state index contributed by atoms with van der Waals surface area (Å²) < 4.78 is 6.16. The van der Waals surface area contributed by atoms with Gasteiger partial charge < -0.3 is 10.5 Å². The van der Waals surface area contributed by atoms with E-state index < -0.39 is 0 Å². The molecule has 0 saturated carbocycles. The minimum absolute atomic E-state index is 0.102. The Balaban J connectivity index is 2.07. The minimum atomic E-state index is 0.102. The van der Waals surface area contributed by atoms with E-state index in [1.165, 1.54) is 11.1 Å². The van der Waals surface area contributed by atoms with Gasteiger partial charge in [0, 0.05) is 0 Å². The molecule has 106 valence electrons. The molecule has 2 heteroatoms. The molecule has 0 amide bonds. The van der Waals surface area contributed by atoms with Crippen LogP contribution < -0.4 is 10.5 Å². The lowest BCUT2D eigenvalue weighted by Crippen LogP contribution is -2.09. The Bertz CT molecular complexity index is 493. The molecule has 2 N–H and O–H groups in total. The molecule has 2 nitrogen and oxygen atoms in total. The van der Waals surface area contributed by atoms with Gasteiger partial charge in [0.1, 0.15) is 11.9 Å². The Morgan fingerprint density at radius 1 is 0.950 bits per heavy atom. The van der Waals surface area contributed by atoms with Crippen LogP contribution in [0.4, 0.5) is 0 Å². The van der Waals surface area contributed by atoms with Crippen LogP contribution in [0.5, 0.6) is 5.75 Å². The first kappa shape index (κ1) is 14.6. The summed E-state index contributed by atoms with van der Waals surface area (Å²) in [7, 11) is 0. The fraction of sp³-hybridized carbons (Fsp3) is 0.333. The van der Waals surface area contributed by atoms with Crippen molar-refractivity contribution in [3.63, 3.8) is 0 Å². The number of aryl methyl sites for hydroxylation is 1. The maximum Gasteiger partial charge on any atom is 0.124 e. The Kier molecular flexibility index (Phi) is 5.63. The monoisotopic (exact) mass is 269 g/mol. The molecule has 2 aromatic carbocycles. The van der Waals surface area contributed by atoms with Crippen LogP contribution in [-0.2, 0) is 0 Å². The van der Waals surface area contributed by atoms with E-state index >= 15 is 0 Å². The smallest absolute Gasteiger partial charge is 0.124 e. The topological polar surface area (TPSA) is 35.2 Å². The average Bonchev–Trinajstić information content (AvgIpc) is 2.49. The number of nitrogens with two attached hydrogens (primary N) is 1. The van der Waals surface area contributed by atoms with Crippen molar-refractivity contribution >= 4 is 0 Å². The third-order valence-corrected chi connectivity index (χ3v) is 3.39. The molecule has 0 saturated heterocycles. The van der Waals surface area contributed by atoms with Gasteiger partial charge in [-0.25, -0.2) is 0 Å². The first-order valence-electron chi connectivity index (χ1n) is 7.28. The Morgan fingerprint density at radius 3 is 2.30 bits per heavy atom. The molecule has 2 rings (SSSR count). The van der Waals surface area contributed by atoms with Crippen LogP contribution in [0.3, 0.4) is 0 Å². The molecule has 0 radical (unpaired) electrons. The zero-order valence-electron chi connectivity index (χ0n) is 12.1. The molecule has 0 aliphatic heterocycles. The third kappa shape index (κ3) is 4.39. The average molecular weight is 269 g/mol. The number of benzene rings is 2. The second kappa shape index (κ2) is 7.71. The highest BCUT2D eigenvalue weighted by Crippen LogP contribution is 2.26. The predicted molar refractivity (Wildman–Crippen MR) is 83.9 cm³/mol. The highest BCUT2D eigenvalue weighted by Gasteiger charge is 2.12. The van der Waals surface area contributed by atoms with Crippen LogP contribution in [0.15, 0.2) is 54.6 Å². The fourth-order valence-corrected chi connectivity index (χ4v) is 2.22. The number of rotatable bonds is 7. The van der Waals surface area contributed by atoms with Crippen molar-refractivity contribution in [3.8, 4) is 5.75 Å². The van der Waals surface area contributed by atoms with E-state index in [0.717, 1.165) is 31.6 Å². The van der Waals surface area contributed by atoms with Crippen molar-refractivity contribution in [1.29, 1.82) is 0 Å². The van der Waals surface area contributed by atoms with Crippen LogP contribution in [0.2, 0.25) is 0 Å². The second-order valence-electron chi connectivity index (χ2n) is 5.11. The number of hydrogen-bond acceptors (Lipinski definition) is 2. The summed E-state index contributed by atoms with van der Waals surface area (Å²) in [5.41, 5.74) is 8.06. The van der Waals surface area contributed by atoms with E-state index in [1.54, 1.807) is 0 Å². The van der Waals surface area contributed by atoms with Gasteiger partial charge in [0.05, 0.1) is 0 Å². The van der Waals surface area contributed by atoms with E-state index in [-0.39, 0.29) is 6.10 Å². The van der Waals surface area contributed by atoms with Crippen LogP contribution in [0, 0.1) is 6.92 Å². The number of ether oxygens (including phenoxy) is 1. The van der Waals surface area contributed by atoms with E-state index in [0.29, 0.717) is 0 Å². The van der Waals surface area contributed by atoms with Gasteiger partial charge in [-0.15, -0.1) is 0 Å². The second-order valence-corrected chi connectivity index (χ2v) is 5.11. The van der Waals surface area contributed by atoms with E-state index in [1.807, 2.05) is 18.2 Å². The van der Waals surface area contributed by atoms with Gasteiger partial charge in [-0.2, -0.15) is 0 Å². The summed E-state index contributed by atoms with van der Waals surface area (Å²) >= 11 is 0. The molecule has 2 aromatic rings. The van der Waals surface area contributed by atoms with Crippen LogP contribution in [0.25, 0.3) is 0 Å². The van der Waals surface area contributed by atoms with Crippen LogP contribution in [-0.4, -0.2) is 6.54 Å². The zero-order chi connectivity index (χ0) is 14.2. The maximum atomic E-state index is 6.16. The van der Waals surface area contributed by atoms with E-state index in [4.69, 9.17) is 10.5 Å². The van der Waals surface area contributed by atoms with Crippen LogP contribution in [0.1, 0.15) is 36.5 Å². The lowest BCUT2D eigenvalue weighted by molar-refractivity contribution is 0.191. The van der Waals surface area contributed by atoms with Gasteiger partial charge in [0.15, 0.2) is 0 Å². The molecule has 0 aliphatic carbocycles. The van der Waals surface area contributed by atoms with E-state index in [2.05, 4.69) is 43.3 Å². The summed E-state index contributed by atoms with van der Waals surface area (Å²) in [4.78, 5) is 0. The molecular formula is C18H23NO. The van der Waals surface area contributed by atoms with Crippen molar-refractivity contribution in [2.75, 3.05) is 6.54 Å². The molecule has 0 heterocycles. The van der Waals surface area contributed by atoms with Gasteiger partial charge in [-0.1, -0.05) is 48.0 Å². The molecule has 1 unspecified atom stereocenters. The minimum Gasteiger partial charge on any atom is -0.486 e. The standard InChI is InChI=1S/C18H23NO/c1-15-10-12-17(13-11-15)20-18(9-5-6-14-19)16-7-3-2-4-8-16/h2-4,7-8,10-13,18H,5-6,9,14,19H2,1H3. The van der Waals surface area contributed by atoms with Gasteiger partial charge in [-0.05, 0) is 50.4 Å². The van der Waals surface area contributed by atoms with Gasteiger partial charge >= 0.3 is 0 Å². The Labute approximate surface area is 121 Å². The quantitative estimate of drug-likeness (QED) is 0.763. The van der Waals surface area contributed by atoms with Crippen molar-refractivity contribution in [3.05, 3.63) is 65.7 Å². The summed E-state index contributed by atoms with van der Waals surface area (Å²) in [6.07, 6.45) is 3.22.